The summed E-state index contributed by atoms with van der Waals surface area (Å²) in [6, 6.07) is 11.8. The quantitative estimate of drug-likeness (QED) is 0.702. The van der Waals surface area contributed by atoms with Gasteiger partial charge in [-0.15, -0.1) is 0 Å². The first-order valence-electron chi connectivity index (χ1n) is 5.60. The molecule has 1 heterocycles. The number of oxazole rings is 1. The van der Waals surface area contributed by atoms with E-state index in [4.69, 9.17) is 10.2 Å². The molecule has 0 bridgehead atoms. The van der Waals surface area contributed by atoms with Gasteiger partial charge in [-0.1, -0.05) is 12.1 Å². The van der Waals surface area contributed by atoms with Gasteiger partial charge in [0.05, 0.1) is 0 Å². The van der Waals surface area contributed by atoms with Crippen LogP contribution in [0.3, 0.4) is 0 Å². The van der Waals surface area contributed by atoms with E-state index in [1.54, 1.807) is 6.07 Å². The number of halogens is 1. The van der Waals surface area contributed by atoms with E-state index in [2.05, 4.69) is 4.98 Å². The minimum Gasteiger partial charge on any atom is -0.440 e. The topological polar surface area (TPSA) is 52.0 Å². The molecule has 0 aliphatic heterocycles. The second-order valence-electron chi connectivity index (χ2n) is 4.14. The van der Waals surface area contributed by atoms with Crippen molar-refractivity contribution >= 4 is 16.8 Å². The van der Waals surface area contributed by atoms with Gasteiger partial charge in [0.15, 0.2) is 11.5 Å². The zero-order valence-corrected chi connectivity index (χ0v) is 9.56. The molecule has 0 atom stereocenters. The van der Waals surface area contributed by atoms with Crippen LogP contribution >= 0.6 is 0 Å². The van der Waals surface area contributed by atoms with E-state index in [0.717, 1.165) is 11.3 Å². The highest BCUT2D eigenvalue weighted by atomic mass is 19.1. The molecule has 0 radical (unpaired) electrons. The van der Waals surface area contributed by atoms with Crippen LogP contribution < -0.4 is 5.73 Å². The molecule has 3 aromatic rings. The van der Waals surface area contributed by atoms with Gasteiger partial charge in [-0.3, -0.25) is 0 Å². The molecule has 0 fully saturated rings. The Labute approximate surface area is 103 Å². The summed E-state index contributed by atoms with van der Waals surface area (Å²) in [6.45, 7) is 0. The summed E-state index contributed by atoms with van der Waals surface area (Å²) in [5, 5.41) is 0. The van der Waals surface area contributed by atoms with Crippen LogP contribution in [0.4, 0.5) is 10.1 Å². The van der Waals surface area contributed by atoms with E-state index < -0.39 is 0 Å². The summed E-state index contributed by atoms with van der Waals surface area (Å²) in [5.74, 6) is 0.248. The van der Waals surface area contributed by atoms with E-state index in [-0.39, 0.29) is 5.82 Å². The molecular weight excluding hydrogens is 231 g/mol. The maximum absolute atomic E-state index is 13.0. The Balaban J connectivity index is 1.92. The van der Waals surface area contributed by atoms with Crippen molar-refractivity contribution < 1.29 is 8.81 Å². The number of rotatable bonds is 2. The van der Waals surface area contributed by atoms with Gasteiger partial charge >= 0.3 is 0 Å². The molecule has 2 aromatic carbocycles. The standard InChI is InChI=1S/C14H11FN2O/c15-10-3-6-12-13(8-10)18-14(17-12)7-9-1-4-11(16)5-2-9/h1-6,8H,7,16H2. The van der Waals surface area contributed by atoms with Crippen molar-refractivity contribution in [2.75, 3.05) is 5.73 Å². The Bertz CT molecular complexity index is 689. The molecule has 3 nitrogen and oxygen atoms in total. The Morgan fingerprint density at radius 2 is 1.89 bits per heavy atom. The first-order chi connectivity index (χ1) is 8.70. The summed E-state index contributed by atoms with van der Waals surface area (Å²) in [7, 11) is 0. The van der Waals surface area contributed by atoms with Crippen LogP contribution in [0.5, 0.6) is 0 Å². The lowest BCUT2D eigenvalue weighted by atomic mass is 10.1. The number of benzene rings is 2. The third-order valence-corrected chi connectivity index (χ3v) is 2.73. The van der Waals surface area contributed by atoms with Crippen LogP contribution in [0.15, 0.2) is 46.9 Å². The molecule has 18 heavy (non-hydrogen) atoms. The number of anilines is 1. The fourth-order valence-electron chi connectivity index (χ4n) is 1.83. The van der Waals surface area contributed by atoms with Crippen LogP contribution in [0.25, 0.3) is 11.1 Å². The SMILES string of the molecule is Nc1ccc(Cc2nc3ccc(F)cc3o2)cc1. The summed E-state index contributed by atoms with van der Waals surface area (Å²) in [4.78, 5) is 4.31. The zero-order valence-electron chi connectivity index (χ0n) is 9.56. The summed E-state index contributed by atoms with van der Waals surface area (Å²) >= 11 is 0. The Hall–Kier alpha value is -2.36. The van der Waals surface area contributed by atoms with E-state index in [9.17, 15) is 4.39 Å². The van der Waals surface area contributed by atoms with Gasteiger partial charge in [-0.05, 0) is 29.8 Å². The minimum absolute atomic E-state index is 0.322. The van der Waals surface area contributed by atoms with Crippen molar-refractivity contribution in [3.05, 3.63) is 59.7 Å². The molecule has 3 rings (SSSR count). The highest BCUT2D eigenvalue weighted by molar-refractivity contribution is 5.72. The van der Waals surface area contributed by atoms with Gasteiger partial charge in [-0.25, -0.2) is 9.37 Å². The van der Waals surface area contributed by atoms with Crippen molar-refractivity contribution in [2.24, 2.45) is 0 Å². The first-order valence-corrected chi connectivity index (χ1v) is 5.60. The van der Waals surface area contributed by atoms with Gasteiger partial charge in [0, 0.05) is 18.2 Å². The lowest BCUT2D eigenvalue weighted by Gasteiger charge is -1.97. The lowest BCUT2D eigenvalue weighted by molar-refractivity contribution is 0.540. The molecule has 0 unspecified atom stereocenters. The van der Waals surface area contributed by atoms with Crippen LogP contribution in [0, 0.1) is 5.82 Å². The van der Waals surface area contributed by atoms with Crippen molar-refractivity contribution in [3.63, 3.8) is 0 Å². The van der Waals surface area contributed by atoms with Gasteiger partial charge in [0.2, 0.25) is 0 Å². The largest absolute Gasteiger partial charge is 0.440 e. The molecule has 4 heteroatoms. The van der Waals surface area contributed by atoms with Gasteiger partial charge in [-0.2, -0.15) is 0 Å². The fourth-order valence-corrected chi connectivity index (χ4v) is 1.83. The van der Waals surface area contributed by atoms with Crippen LogP contribution in [0.2, 0.25) is 0 Å². The summed E-state index contributed by atoms with van der Waals surface area (Å²) in [6.07, 6.45) is 0.566. The van der Waals surface area contributed by atoms with Crippen molar-refractivity contribution in [1.29, 1.82) is 0 Å². The number of fused-ring (bicyclic) bond motifs is 1. The molecular formula is C14H11FN2O. The highest BCUT2D eigenvalue weighted by Crippen LogP contribution is 2.19. The third kappa shape index (κ3) is 2.05. The average molecular weight is 242 g/mol. The second kappa shape index (κ2) is 4.14. The van der Waals surface area contributed by atoms with Gasteiger partial charge in [0.1, 0.15) is 11.3 Å². The van der Waals surface area contributed by atoms with E-state index >= 15 is 0 Å². The molecule has 0 amide bonds. The normalized spacial score (nSPS) is 10.9. The molecule has 0 aliphatic rings. The monoisotopic (exact) mass is 242 g/mol. The summed E-state index contributed by atoms with van der Waals surface area (Å²) < 4.78 is 18.5. The third-order valence-electron chi connectivity index (χ3n) is 2.73. The Morgan fingerprint density at radius 3 is 2.67 bits per heavy atom. The van der Waals surface area contributed by atoms with Crippen LogP contribution in [-0.2, 0) is 6.42 Å². The number of hydrogen-bond donors (Lipinski definition) is 1. The maximum atomic E-state index is 13.0. The Kier molecular flexibility index (Phi) is 2.48. The molecule has 0 saturated heterocycles. The van der Waals surface area contributed by atoms with E-state index in [1.165, 1.54) is 12.1 Å². The van der Waals surface area contributed by atoms with Crippen LogP contribution in [0.1, 0.15) is 11.5 Å². The van der Waals surface area contributed by atoms with E-state index in [0.29, 0.717) is 23.4 Å². The smallest absolute Gasteiger partial charge is 0.199 e. The van der Waals surface area contributed by atoms with Crippen molar-refractivity contribution in [1.82, 2.24) is 4.98 Å². The van der Waals surface area contributed by atoms with Gasteiger partial charge in [0.25, 0.3) is 0 Å². The number of hydrogen-bond acceptors (Lipinski definition) is 3. The number of nitrogens with zero attached hydrogens (tertiary/aromatic N) is 1. The zero-order chi connectivity index (χ0) is 12.5. The predicted octanol–water partition coefficient (Wildman–Crippen LogP) is 3.14. The van der Waals surface area contributed by atoms with Gasteiger partial charge < -0.3 is 10.2 Å². The predicted molar refractivity (Wildman–Crippen MR) is 67.6 cm³/mol. The number of nitrogen functional groups attached to an aromatic ring is 1. The number of nitrogens with two attached hydrogens (primary N) is 1. The minimum atomic E-state index is -0.322. The van der Waals surface area contributed by atoms with Crippen molar-refractivity contribution in [3.8, 4) is 0 Å². The highest BCUT2D eigenvalue weighted by Gasteiger charge is 2.07. The lowest BCUT2D eigenvalue weighted by Crippen LogP contribution is -1.89. The average Bonchev–Trinajstić information content (AvgIpc) is 2.73. The van der Waals surface area contributed by atoms with Crippen LogP contribution in [-0.4, -0.2) is 4.98 Å². The molecule has 1 aromatic heterocycles. The fraction of sp³-hybridized carbons (Fsp3) is 0.0714. The first kappa shape index (κ1) is 10.8. The second-order valence-corrected chi connectivity index (χ2v) is 4.14. The molecule has 2 N–H and O–H groups in total. The summed E-state index contributed by atoms with van der Waals surface area (Å²) in [5.41, 5.74) is 8.53. The maximum Gasteiger partial charge on any atom is 0.199 e. The Morgan fingerprint density at radius 1 is 1.11 bits per heavy atom. The van der Waals surface area contributed by atoms with Crippen molar-refractivity contribution in [2.45, 2.75) is 6.42 Å². The number of aromatic nitrogens is 1. The molecule has 0 spiro atoms. The molecule has 0 saturated carbocycles. The molecule has 0 aliphatic carbocycles. The van der Waals surface area contributed by atoms with E-state index in [1.807, 2.05) is 24.3 Å². The molecule has 90 valence electrons.